The van der Waals surface area contributed by atoms with Gasteiger partial charge in [0.2, 0.25) is 10.0 Å². The third kappa shape index (κ3) is 2.46. The van der Waals surface area contributed by atoms with Crippen LogP contribution in [0.4, 0.5) is 0 Å². The van der Waals surface area contributed by atoms with Crippen LogP contribution in [0, 0.1) is 0 Å². The molecule has 0 aliphatic heterocycles. The van der Waals surface area contributed by atoms with Gasteiger partial charge in [-0.15, -0.1) is 0 Å². The van der Waals surface area contributed by atoms with Crippen molar-refractivity contribution in [1.82, 2.24) is 4.31 Å². The van der Waals surface area contributed by atoms with Crippen molar-refractivity contribution < 1.29 is 18.3 Å². The Labute approximate surface area is 71.0 Å². The van der Waals surface area contributed by atoms with Gasteiger partial charge in [-0.05, 0) is 12.8 Å². The molecule has 0 unspecified atom stereocenters. The highest BCUT2D eigenvalue weighted by Crippen LogP contribution is 2.28. The van der Waals surface area contributed by atoms with Crippen LogP contribution in [0.1, 0.15) is 12.8 Å². The Morgan fingerprint density at radius 3 is 2.33 bits per heavy atom. The lowest BCUT2D eigenvalue weighted by Gasteiger charge is -2.16. The van der Waals surface area contributed by atoms with E-state index in [-0.39, 0.29) is 6.04 Å². The fourth-order valence-electron chi connectivity index (χ4n) is 1.01. The van der Waals surface area contributed by atoms with Crippen LogP contribution in [0.3, 0.4) is 0 Å². The number of aliphatic carboxylic acids is 1. The summed E-state index contributed by atoms with van der Waals surface area (Å²) in [5, 5.41) is 8.42. The van der Waals surface area contributed by atoms with Gasteiger partial charge >= 0.3 is 5.97 Å². The van der Waals surface area contributed by atoms with Gasteiger partial charge in [0, 0.05) is 6.04 Å². The second-order valence-corrected chi connectivity index (χ2v) is 4.87. The second kappa shape index (κ2) is 3.02. The van der Waals surface area contributed by atoms with Gasteiger partial charge in [-0.2, -0.15) is 4.31 Å². The van der Waals surface area contributed by atoms with E-state index in [1.165, 1.54) is 0 Å². The maximum Gasteiger partial charge on any atom is 0.318 e. The molecule has 1 rings (SSSR count). The standard InChI is InChI=1S/C6H11NO4S/c1-12(10,11)7(4-6(8)9)5-2-3-5/h5H,2-4H2,1H3,(H,8,9). The summed E-state index contributed by atoms with van der Waals surface area (Å²) < 4.78 is 23.1. The molecule has 0 radical (unpaired) electrons. The summed E-state index contributed by atoms with van der Waals surface area (Å²) in [4.78, 5) is 10.3. The smallest absolute Gasteiger partial charge is 0.318 e. The van der Waals surface area contributed by atoms with E-state index >= 15 is 0 Å². The van der Waals surface area contributed by atoms with E-state index in [4.69, 9.17) is 5.11 Å². The molecule has 1 aliphatic rings. The summed E-state index contributed by atoms with van der Waals surface area (Å²) in [6.07, 6.45) is 2.59. The van der Waals surface area contributed by atoms with E-state index in [0.717, 1.165) is 23.4 Å². The second-order valence-electron chi connectivity index (χ2n) is 2.93. The van der Waals surface area contributed by atoms with E-state index in [0.29, 0.717) is 0 Å². The van der Waals surface area contributed by atoms with Gasteiger partial charge in [0.15, 0.2) is 0 Å². The molecule has 0 spiro atoms. The summed E-state index contributed by atoms with van der Waals surface area (Å²) in [7, 11) is -3.34. The van der Waals surface area contributed by atoms with E-state index < -0.39 is 22.5 Å². The molecule has 0 aromatic rings. The highest BCUT2D eigenvalue weighted by atomic mass is 32.2. The van der Waals surface area contributed by atoms with Crippen LogP contribution >= 0.6 is 0 Å². The summed E-state index contributed by atoms with van der Waals surface area (Å²) in [6, 6.07) is -0.0731. The number of hydrogen-bond donors (Lipinski definition) is 1. The largest absolute Gasteiger partial charge is 0.480 e. The summed E-state index contributed by atoms with van der Waals surface area (Å²) in [5.74, 6) is -1.10. The normalized spacial score (nSPS) is 18.2. The molecule has 1 saturated carbocycles. The zero-order valence-corrected chi connectivity index (χ0v) is 7.54. The molecule has 0 aromatic carbocycles. The van der Waals surface area contributed by atoms with E-state index in [1.807, 2.05) is 0 Å². The van der Waals surface area contributed by atoms with E-state index in [2.05, 4.69) is 0 Å². The van der Waals surface area contributed by atoms with Gasteiger partial charge in [-0.1, -0.05) is 0 Å². The highest BCUT2D eigenvalue weighted by molar-refractivity contribution is 7.88. The van der Waals surface area contributed by atoms with Crippen molar-refractivity contribution in [3.05, 3.63) is 0 Å². The first-order valence-corrected chi connectivity index (χ1v) is 5.44. The molecule has 70 valence electrons. The Hall–Kier alpha value is -0.620. The minimum atomic E-state index is -3.34. The Balaban J connectivity index is 2.68. The number of rotatable bonds is 4. The minimum Gasteiger partial charge on any atom is -0.480 e. The Kier molecular flexibility index (Phi) is 2.39. The first-order chi connectivity index (χ1) is 5.41. The maximum atomic E-state index is 11.0. The topological polar surface area (TPSA) is 74.7 Å². The first kappa shape index (κ1) is 9.47. The van der Waals surface area contributed by atoms with Crippen LogP contribution in [0.5, 0.6) is 0 Å². The van der Waals surface area contributed by atoms with Gasteiger partial charge in [0.25, 0.3) is 0 Å². The van der Waals surface area contributed by atoms with Crippen molar-refractivity contribution in [2.75, 3.05) is 12.8 Å². The van der Waals surface area contributed by atoms with Gasteiger partial charge in [0.05, 0.1) is 6.26 Å². The van der Waals surface area contributed by atoms with Crippen molar-refractivity contribution in [1.29, 1.82) is 0 Å². The molecule has 0 saturated heterocycles. The minimum absolute atomic E-state index is 0.0731. The average molecular weight is 193 g/mol. The Bertz CT molecular complexity index is 280. The molecule has 0 heterocycles. The summed E-state index contributed by atoms with van der Waals surface area (Å²) in [6.45, 7) is -0.413. The highest BCUT2D eigenvalue weighted by Gasteiger charge is 2.36. The molecule has 6 heteroatoms. The lowest BCUT2D eigenvalue weighted by molar-refractivity contribution is -0.137. The molecule has 0 atom stereocenters. The SMILES string of the molecule is CS(=O)(=O)N(CC(=O)O)C1CC1. The number of hydrogen-bond acceptors (Lipinski definition) is 3. The fraction of sp³-hybridized carbons (Fsp3) is 0.833. The molecule has 12 heavy (non-hydrogen) atoms. The zero-order chi connectivity index (χ0) is 9.35. The fourth-order valence-corrected chi connectivity index (χ4v) is 2.11. The average Bonchev–Trinajstić information content (AvgIpc) is 2.60. The van der Waals surface area contributed by atoms with Crippen LogP contribution in [-0.2, 0) is 14.8 Å². The monoisotopic (exact) mass is 193 g/mol. The molecule has 1 N–H and O–H groups in total. The first-order valence-electron chi connectivity index (χ1n) is 3.60. The molecule has 1 fully saturated rings. The predicted octanol–water partition coefficient (Wildman–Crippen LogP) is -0.505. The molecule has 0 amide bonds. The van der Waals surface area contributed by atoms with E-state index in [1.54, 1.807) is 0 Å². The molecular formula is C6H11NO4S. The third-order valence-corrected chi connectivity index (χ3v) is 2.95. The van der Waals surface area contributed by atoms with Crippen LogP contribution in [-0.4, -0.2) is 42.6 Å². The lowest BCUT2D eigenvalue weighted by Crippen LogP contribution is -2.36. The molecule has 0 bridgehead atoms. The Morgan fingerprint density at radius 2 is 2.08 bits per heavy atom. The number of nitrogens with zero attached hydrogens (tertiary/aromatic N) is 1. The molecular weight excluding hydrogens is 182 g/mol. The number of carboxylic acid groups (broad SMARTS) is 1. The van der Waals surface area contributed by atoms with Crippen LogP contribution in [0.15, 0.2) is 0 Å². The van der Waals surface area contributed by atoms with Gasteiger partial charge < -0.3 is 5.11 Å². The number of sulfonamides is 1. The lowest BCUT2D eigenvalue weighted by atomic mass is 10.6. The molecule has 0 aromatic heterocycles. The van der Waals surface area contributed by atoms with Crippen molar-refractivity contribution >= 4 is 16.0 Å². The summed E-state index contributed by atoms with van der Waals surface area (Å²) >= 11 is 0. The molecule has 1 aliphatic carbocycles. The zero-order valence-electron chi connectivity index (χ0n) is 6.73. The van der Waals surface area contributed by atoms with Crippen molar-refractivity contribution in [2.45, 2.75) is 18.9 Å². The van der Waals surface area contributed by atoms with Crippen LogP contribution < -0.4 is 0 Å². The number of carboxylic acids is 1. The van der Waals surface area contributed by atoms with Crippen molar-refractivity contribution in [3.63, 3.8) is 0 Å². The third-order valence-electron chi connectivity index (χ3n) is 1.67. The summed E-state index contributed by atoms with van der Waals surface area (Å²) in [5.41, 5.74) is 0. The predicted molar refractivity (Wildman–Crippen MR) is 42.2 cm³/mol. The van der Waals surface area contributed by atoms with Gasteiger partial charge in [-0.25, -0.2) is 8.42 Å². The van der Waals surface area contributed by atoms with Crippen molar-refractivity contribution in [3.8, 4) is 0 Å². The van der Waals surface area contributed by atoms with Crippen LogP contribution in [0.25, 0.3) is 0 Å². The molecule has 5 nitrogen and oxygen atoms in total. The Morgan fingerprint density at radius 1 is 1.58 bits per heavy atom. The van der Waals surface area contributed by atoms with Crippen molar-refractivity contribution in [2.24, 2.45) is 0 Å². The van der Waals surface area contributed by atoms with Crippen LogP contribution in [0.2, 0.25) is 0 Å². The van der Waals surface area contributed by atoms with Gasteiger partial charge in [-0.3, -0.25) is 4.79 Å². The quantitative estimate of drug-likeness (QED) is 0.652. The number of carbonyl (C=O) groups is 1. The van der Waals surface area contributed by atoms with Gasteiger partial charge in [0.1, 0.15) is 6.54 Å². The maximum absolute atomic E-state index is 11.0. The van der Waals surface area contributed by atoms with E-state index in [9.17, 15) is 13.2 Å².